The number of carboxylic acid groups (broad SMARTS) is 1. The molecule has 3 aromatic rings. The Morgan fingerprint density at radius 2 is 1.92 bits per heavy atom. The lowest BCUT2D eigenvalue weighted by Gasteiger charge is -2.08. The molecule has 0 aliphatic carbocycles. The number of hydrogen-bond donors (Lipinski definition) is 1. The highest BCUT2D eigenvalue weighted by molar-refractivity contribution is 6.39. The lowest BCUT2D eigenvalue weighted by molar-refractivity contribution is 0.0690. The van der Waals surface area contributed by atoms with Crippen LogP contribution in [0.4, 0.5) is 0 Å². The molecule has 7 heteroatoms. The van der Waals surface area contributed by atoms with Gasteiger partial charge in [-0.05, 0) is 31.5 Å². The number of benzene rings is 1. The molecule has 5 nitrogen and oxygen atoms in total. The van der Waals surface area contributed by atoms with Crippen LogP contribution in [0.3, 0.4) is 0 Å². The van der Waals surface area contributed by atoms with Crippen molar-refractivity contribution in [3.8, 4) is 11.1 Å². The van der Waals surface area contributed by atoms with Gasteiger partial charge in [0.05, 0.1) is 21.3 Å². The van der Waals surface area contributed by atoms with Gasteiger partial charge in [0.2, 0.25) is 0 Å². The number of halogens is 2. The first kappa shape index (κ1) is 16.7. The van der Waals surface area contributed by atoms with E-state index in [1.54, 1.807) is 28.8 Å². The first-order valence-electron chi connectivity index (χ1n) is 7.51. The molecule has 0 saturated heterocycles. The fraction of sp³-hybridized carbons (Fsp3) is 0.235. The zero-order valence-electron chi connectivity index (χ0n) is 13.2. The first-order chi connectivity index (χ1) is 11.4. The Bertz CT molecular complexity index is 930. The second kappa shape index (κ2) is 6.42. The zero-order chi connectivity index (χ0) is 17.4. The molecule has 0 saturated carbocycles. The van der Waals surface area contributed by atoms with Gasteiger partial charge in [0.25, 0.3) is 0 Å². The molecule has 0 radical (unpaired) electrons. The number of aromatic nitrogens is 3. The number of fused-ring (bicyclic) bond motifs is 1. The standard InChI is InChI=1S/C17H15Cl2N3O2/c1-3-5-10-8-13(17(23)24)20-16-14(9(2)21-22(10)16)15-11(18)6-4-7-12(15)19/h4,6-8H,3,5H2,1-2H3,(H,23,24). The Kier molecular flexibility index (Phi) is 4.47. The van der Waals surface area contributed by atoms with Crippen molar-refractivity contribution in [2.75, 3.05) is 0 Å². The van der Waals surface area contributed by atoms with Crippen molar-refractivity contribution in [1.82, 2.24) is 14.6 Å². The fourth-order valence-electron chi connectivity index (χ4n) is 2.76. The maximum Gasteiger partial charge on any atom is 0.354 e. The van der Waals surface area contributed by atoms with E-state index in [4.69, 9.17) is 23.2 Å². The Morgan fingerprint density at radius 3 is 2.50 bits per heavy atom. The summed E-state index contributed by atoms with van der Waals surface area (Å²) in [6.07, 6.45) is 1.55. The van der Waals surface area contributed by atoms with Crippen molar-refractivity contribution >= 4 is 34.8 Å². The van der Waals surface area contributed by atoms with Crippen molar-refractivity contribution in [2.45, 2.75) is 26.7 Å². The van der Waals surface area contributed by atoms with E-state index < -0.39 is 5.97 Å². The van der Waals surface area contributed by atoms with E-state index in [0.717, 1.165) is 12.1 Å². The van der Waals surface area contributed by atoms with Gasteiger partial charge in [-0.25, -0.2) is 14.3 Å². The SMILES string of the molecule is CCCc1cc(C(=O)O)nc2c(-c3c(Cl)cccc3Cl)c(C)nn12. The van der Waals surface area contributed by atoms with Crippen LogP contribution in [0.2, 0.25) is 10.0 Å². The van der Waals surface area contributed by atoms with Crippen LogP contribution in [0.5, 0.6) is 0 Å². The number of carboxylic acids is 1. The Hall–Kier alpha value is -2.11. The minimum Gasteiger partial charge on any atom is -0.477 e. The third-order valence-electron chi connectivity index (χ3n) is 3.78. The predicted molar refractivity (Wildman–Crippen MR) is 94.1 cm³/mol. The van der Waals surface area contributed by atoms with Crippen LogP contribution < -0.4 is 0 Å². The molecule has 2 heterocycles. The van der Waals surface area contributed by atoms with Crippen LogP contribution in [0.15, 0.2) is 24.3 Å². The summed E-state index contributed by atoms with van der Waals surface area (Å²) in [6, 6.07) is 6.79. The van der Waals surface area contributed by atoms with E-state index in [1.165, 1.54) is 0 Å². The molecule has 2 aromatic heterocycles. The number of aromatic carboxylic acids is 1. The Balaban J connectivity index is 2.41. The number of carbonyl (C=O) groups is 1. The first-order valence-corrected chi connectivity index (χ1v) is 8.26. The van der Waals surface area contributed by atoms with Gasteiger partial charge in [-0.15, -0.1) is 0 Å². The molecular formula is C17H15Cl2N3O2. The highest BCUT2D eigenvalue weighted by Crippen LogP contribution is 2.38. The molecule has 1 aromatic carbocycles. The fourth-order valence-corrected chi connectivity index (χ4v) is 3.34. The van der Waals surface area contributed by atoms with Crippen LogP contribution in [0.1, 0.15) is 35.2 Å². The van der Waals surface area contributed by atoms with E-state index in [9.17, 15) is 9.90 Å². The number of hydrogen-bond acceptors (Lipinski definition) is 3. The highest BCUT2D eigenvalue weighted by atomic mass is 35.5. The van der Waals surface area contributed by atoms with Gasteiger partial charge >= 0.3 is 5.97 Å². The third-order valence-corrected chi connectivity index (χ3v) is 4.41. The van der Waals surface area contributed by atoms with Crippen molar-refractivity contribution in [3.63, 3.8) is 0 Å². The average Bonchev–Trinajstić information content (AvgIpc) is 2.84. The molecule has 0 fully saturated rings. The summed E-state index contributed by atoms with van der Waals surface area (Å²) in [4.78, 5) is 15.7. The van der Waals surface area contributed by atoms with Crippen LogP contribution in [-0.4, -0.2) is 25.7 Å². The maximum absolute atomic E-state index is 11.4. The molecule has 0 spiro atoms. The molecule has 0 aliphatic rings. The monoisotopic (exact) mass is 363 g/mol. The summed E-state index contributed by atoms with van der Waals surface area (Å²) in [5, 5.41) is 14.8. The lowest BCUT2D eigenvalue weighted by Crippen LogP contribution is -2.08. The Morgan fingerprint density at radius 1 is 1.25 bits per heavy atom. The lowest BCUT2D eigenvalue weighted by atomic mass is 10.1. The average molecular weight is 364 g/mol. The van der Waals surface area contributed by atoms with Gasteiger partial charge in [-0.2, -0.15) is 5.10 Å². The summed E-state index contributed by atoms with van der Waals surface area (Å²) < 4.78 is 1.68. The molecule has 0 bridgehead atoms. The quantitative estimate of drug-likeness (QED) is 0.731. The molecule has 1 N–H and O–H groups in total. The molecule has 24 heavy (non-hydrogen) atoms. The highest BCUT2D eigenvalue weighted by Gasteiger charge is 2.21. The van der Waals surface area contributed by atoms with Crippen molar-refractivity contribution < 1.29 is 9.90 Å². The van der Waals surface area contributed by atoms with E-state index in [1.807, 2.05) is 13.8 Å². The van der Waals surface area contributed by atoms with Crippen molar-refractivity contribution in [1.29, 1.82) is 0 Å². The molecule has 0 atom stereocenters. The smallest absolute Gasteiger partial charge is 0.354 e. The predicted octanol–water partition coefficient (Wildman–Crippen LogP) is 4.66. The maximum atomic E-state index is 11.4. The number of rotatable bonds is 4. The second-order valence-corrected chi connectivity index (χ2v) is 6.29. The van der Waals surface area contributed by atoms with Crippen molar-refractivity contribution in [2.24, 2.45) is 0 Å². The summed E-state index contributed by atoms with van der Waals surface area (Å²) in [5.74, 6) is -1.08. The van der Waals surface area contributed by atoms with E-state index in [0.29, 0.717) is 38.9 Å². The molecule has 0 aliphatic heterocycles. The molecule has 0 amide bonds. The minimum absolute atomic E-state index is 0.0183. The topological polar surface area (TPSA) is 67.5 Å². The van der Waals surface area contributed by atoms with Crippen LogP contribution in [0, 0.1) is 6.92 Å². The van der Waals surface area contributed by atoms with Crippen molar-refractivity contribution in [3.05, 3.63) is 51.4 Å². The van der Waals surface area contributed by atoms with Gasteiger partial charge in [-0.3, -0.25) is 0 Å². The minimum atomic E-state index is -1.08. The molecular weight excluding hydrogens is 349 g/mol. The van der Waals surface area contributed by atoms with Gasteiger partial charge in [0.1, 0.15) is 0 Å². The molecule has 3 rings (SSSR count). The van der Waals surface area contributed by atoms with Gasteiger partial charge in [0.15, 0.2) is 11.3 Å². The zero-order valence-corrected chi connectivity index (χ0v) is 14.7. The summed E-state index contributed by atoms with van der Waals surface area (Å²) in [5.41, 5.74) is 3.19. The van der Waals surface area contributed by atoms with Gasteiger partial charge in [0, 0.05) is 11.3 Å². The van der Waals surface area contributed by atoms with Crippen LogP contribution >= 0.6 is 23.2 Å². The molecule has 0 unspecified atom stereocenters. The summed E-state index contributed by atoms with van der Waals surface area (Å²) >= 11 is 12.7. The third kappa shape index (κ3) is 2.74. The normalized spacial score (nSPS) is 11.2. The second-order valence-electron chi connectivity index (χ2n) is 5.48. The summed E-state index contributed by atoms with van der Waals surface area (Å²) in [6.45, 7) is 3.86. The van der Waals surface area contributed by atoms with E-state index >= 15 is 0 Å². The van der Waals surface area contributed by atoms with Crippen LogP contribution in [-0.2, 0) is 6.42 Å². The summed E-state index contributed by atoms with van der Waals surface area (Å²) in [7, 11) is 0. The number of nitrogens with zero attached hydrogens (tertiary/aromatic N) is 3. The van der Waals surface area contributed by atoms with Gasteiger partial charge in [-0.1, -0.05) is 42.6 Å². The Labute approximate surface area is 148 Å². The van der Waals surface area contributed by atoms with Crippen LogP contribution in [0.25, 0.3) is 16.8 Å². The van der Waals surface area contributed by atoms with Gasteiger partial charge < -0.3 is 5.11 Å². The molecule has 124 valence electrons. The van der Waals surface area contributed by atoms with E-state index in [-0.39, 0.29) is 5.69 Å². The van der Waals surface area contributed by atoms with E-state index in [2.05, 4.69) is 10.1 Å². The number of aryl methyl sites for hydroxylation is 2. The largest absolute Gasteiger partial charge is 0.477 e.